The van der Waals surface area contributed by atoms with E-state index in [4.69, 9.17) is 9.68 Å². The van der Waals surface area contributed by atoms with Crippen molar-refractivity contribution in [2.24, 2.45) is 10.3 Å². The zero-order valence-corrected chi connectivity index (χ0v) is 15.5. The summed E-state index contributed by atoms with van der Waals surface area (Å²) in [6, 6.07) is 15.3. The van der Waals surface area contributed by atoms with E-state index < -0.39 is 11.9 Å². The van der Waals surface area contributed by atoms with E-state index in [9.17, 15) is 9.59 Å². The van der Waals surface area contributed by atoms with E-state index in [-0.39, 0.29) is 0 Å². The molecule has 7 heteroatoms. The molecule has 1 aliphatic rings. The van der Waals surface area contributed by atoms with Gasteiger partial charge in [0, 0.05) is 4.47 Å². The molecule has 0 aliphatic heterocycles. The molecule has 6 nitrogen and oxygen atoms in total. The second kappa shape index (κ2) is 8.86. The SMILES string of the molecule is O=C(ON=C1C=CC(=NOC(=O)c2ccc(Br)cc2)C=C1)c1ccccc1. The molecule has 0 spiro atoms. The van der Waals surface area contributed by atoms with Crippen LogP contribution in [-0.2, 0) is 9.68 Å². The summed E-state index contributed by atoms with van der Waals surface area (Å²) < 4.78 is 0.864. The third-order valence-corrected chi connectivity index (χ3v) is 3.94. The molecule has 1 aliphatic carbocycles. The van der Waals surface area contributed by atoms with Crippen LogP contribution in [0.3, 0.4) is 0 Å². The molecule has 0 saturated heterocycles. The molecular formula is C20H13BrN2O4. The lowest BCUT2D eigenvalue weighted by Gasteiger charge is -2.03. The lowest BCUT2D eigenvalue weighted by atomic mass is 10.1. The highest BCUT2D eigenvalue weighted by molar-refractivity contribution is 9.10. The van der Waals surface area contributed by atoms with E-state index in [1.807, 2.05) is 0 Å². The zero-order valence-electron chi connectivity index (χ0n) is 13.9. The van der Waals surface area contributed by atoms with E-state index in [1.54, 1.807) is 78.9 Å². The van der Waals surface area contributed by atoms with Crippen LogP contribution >= 0.6 is 15.9 Å². The molecule has 0 aromatic heterocycles. The third-order valence-electron chi connectivity index (χ3n) is 3.41. The first-order chi connectivity index (χ1) is 13.1. The topological polar surface area (TPSA) is 77.3 Å². The van der Waals surface area contributed by atoms with Crippen molar-refractivity contribution in [1.82, 2.24) is 0 Å². The quantitative estimate of drug-likeness (QED) is 0.416. The van der Waals surface area contributed by atoms with E-state index >= 15 is 0 Å². The van der Waals surface area contributed by atoms with Gasteiger partial charge in [-0.05, 0) is 60.7 Å². The Bertz CT molecular complexity index is 943. The minimum atomic E-state index is -0.562. The molecule has 0 N–H and O–H groups in total. The maximum absolute atomic E-state index is 11.9. The number of allylic oxidation sites excluding steroid dienone is 4. The van der Waals surface area contributed by atoms with Crippen LogP contribution in [0.1, 0.15) is 20.7 Å². The van der Waals surface area contributed by atoms with Crippen LogP contribution in [0.5, 0.6) is 0 Å². The summed E-state index contributed by atoms with van der Waals surface area (Å²) in [7, 11) is 0. The summed E-state index contributed by atoms with van der Waals surface area (Å²) in [6.07, 6.45) is 6.35. The van der Waals surface area contributed by atoms with Crippen molar-refractivity contribution in [3.05, 3.63) is 94.5 Å². The number of benzene rings is 2. The number of carbonyl (C=O) groups excluding carboxylic acids is 2. The van der Waals surface area contributed by atoms with Gasteiger partial charge in [-0.25, -0.2) is 9.59 Å². The molecule has 2 aromatic carbocycles. The Hall–Kier alpha value is -3.32. The second-order valence-electron chi connectivity index (χ2n) is 5.33. The number of nitrogens with zero attached hydrogens (tertiary/aromatic N) is 2. The molecule has 3 rings (SSSR count). The van der Waals surface area contributed by atoms with Crippen molar-refractivity contribution in [3.8, 4) is 0 Å². The molecular weight excluding hydrogens is 412 g/mol. The lowest BCUT2D eigenvalue weighted by Crippen LogP contribution is -2.06. The van der Waals surface area contributed by atoms with Gasteiger partial charge in [-0.2, -0.15) is 0 Å². The third kappa shape index (κ3) is 5.32. The van der Waals surface area contributed by atoms with Gasteiger partial charge in [0.05, 0.1) is 11.1 Å². The van der Waals surface area contributed by atoms with Gasteiger partial charge in [0.2, 0.25) is 0 Å². The smallest absolute Gasteiger partial charge is 0.312 e. The number of halogens is 1. The van der Waals surface area contributed by atoms with Crippen LogP contribution in [0.15, 0.2) is 93.7 Å². The molecule has 0 unspecified atom stereocenters. The Morgan fingerprint density at radius 1 is 0.667 bits per heavy atom. The Kier molecular flexibility index (Phi) is 6.06. The van der Waals surface area contributed by atoms with Gasteiger partial charge in [-0.1, -0.05) is 44.4 Å². The van der Waals surface area contributed by atoms with Crippen LogP contribution < -0.4 is 0 Å². The Morgan fingerprint density at radius 3 is 1.59 bits per heavy atom. The fraction of sp³-hybridized carbons (Fsp3) is 0. The highest BCUT2D eigenvalue weighted by Crippen LogP contribution is 2.11. The first kappa shape index (κ1) is 18.5. The van der Waals surface area contributed by atoms with Crippen LogP contribution in [0.25, 0.3) is 0 Å². The maximum Gasteiger partial charge on any atom is 0.365 e. The molecule has 0 saturated carbocycles. The molecule has 2 aromatic rings. The molecule has 134 valence electrons. The van der Waals surface area contributed by atoms with Crippen LogP contribution in [0, 0.1) is 0 Å². The van der Waals surface area contributed by atoms with Crippen LogP contribution in [0.2, 0.25) is 0 Å². The molecule has 0 radical (unpaired) electrons. The number of hydrogen-bond acceptors (Lipinski definition) is 6. The van der Waals surface area contributed by atoms with Crippen LogP contribution in [-0.4, -0.2) is 23.4 Å². The van der Waals surface area contributed by atoms with E-state index in [2.05, 4.69) is 26.2 Å². The minimum Gasteiger partial charge on any atom is -0.312 e. The molecule has 0 fully saturated rings. The summed E-state index contributed by atoms with van der Waals surface area (Å²) >= 11 is 3.30. The van der Waals surface area contributed by atoms with Crippen molar-refractivity contribution in [2.45, 2.75) is 0 Å². The predicted octanol–water partition coefficient (Wildman–Crippen LogP) is 4.30. The standard InChI is InChI=1S/C20H13BrN2O4/c21-16-8-6-15(7-9-16)20(25)27-23-18-12-10-17(11-13-18)22-26-19(24)14-4-2-1-3-5-14/h1-13H. The monoisotopic (exact) mass is 424 g/mol. The van der Waals surface area contributed by atoms with E-state index in [0.29, 0.717) is 22.6 Å². The summed E-state index contributed by atoms with van der Waals surface area (Å²) in [5, 5.41) is 7.55. The van der Waals surface area contributed by atoms with Gasteiger partial charge < -0.3 is 9.68 Å². The average molecular weight is 425 g/mol. The molecule has 0 amide bonds. The van der Waals surface area contributed by atoms with E-state index in [1.165, 1.54) is 0 Å². The van der Waals surface area contributed by atoms with Gasteiger partial charge in [0.1, 0.15) is 11.4 Å². The Balaban J connectivity index is 1.55. The number of rotatable bonds is 4. The van der Waals surface area contributed by atoms with Gasteiger partial charge in [-0.15, -0.1) is 0 Å². The van der Waals surface area contributed by atoms with Crippen LogP contribution in [0.4, 0.5) is 0 Å². The van der Waals surface area contributed by atoms with Gasteiger partial charge in [0.25, 0.3) is 0 Å². The molecule has 27 heavy (non-hydrogen) atoms. The second-order valence-corrected chi connectivity index (χ2v) is 6.25. The summed E-state index contributed by atoms with van der Waals surface area (Å²) in [4.78, 5) is 33.5. The van der Waals surface area contributed by atoms with Gasteiger partial charge in [-0.3, -0.25) is 0 Å². The fourth-order valence-corrected chi connectivity index (χ4v) is 2.29. The first-order valence-corrected chi connectivity index (χ1v) is 8.66. The summed E-state index contributed by atoms with van der Waals surface area (Å²) in [6.45, 7) is 0. The van der Waals surface area contributed by atoms with Crippen molar-refractivity contribution < 1.29 is 19.3 Å². The van der Waals surface area contributed by atoms with Crippen molar-refractivity contribution in [3.63, 3.8) is 0 Å². The molecule has 0 bridgehead atoms. The summed E-state index contributed by atoms with van der Waals surface area (Å²) in [5.41, 5.74) is 1.65. The zero-order chi connectivity index (χ0) is 19.1. The number of oxime groups is 2. The largest absolute Gasteiger partial charge is 0.365 e. The van der Waals surface area contributed by atoms with Crippen molar-refractivity contribution in [2.75, 3.05) is 0 Å². The minimum absolute atomic E-state index is 0.390. The first-order valence-electron chi connectivity index (χ1n) is 7.87. The highest BCUT2D eigenvalue weighted by Gasteiger charge is 2.09. The Morgan fingerprint density at radius 2 is 1.11 bits per heavy atom. The predicted molar refractivity (Wildman–Crippen MR) is 105 cm³/mol. The van der Waals surface area contributed by atoms with Crippen molar-refractivity contribution in [1.29, 1.82) is 0 Å². The number of carbonyl (C=O) groups is 2. The van der Waals surface area contributed by atoms with Crippen molar-refractivity contribution >= 4 is 39.3 Å². The lowest BCUT2D eigenvalue weighted by molar-refractivity contribution is 0.0508. The molecule has 0 atom stereocenters. The number of hydrogen-bond donors (Lipinski definition) is 0. The Labute approximate surface area is 163 Å². The maximum atomic E-state index is 11.9. The normalized spacial score (nSPS) is 12.5. The average Bonchev–Trinajstić information content (AvgIpc) is 2.72. The van der Waals surface area contributed by atoms with Gasteiger partial charge in [0.15, 0.2) is 0 Å². The molecule has 0 heterocycles. The summed E-state index contributed by atoms with van der Waals surface area (Å²) in [5.74, 6) is -1.11. The fourth-order valence-electron chi connectivity index (χ4n) is 2.03. The van der Waals surface area contributed by atoms with Gasteiger partial charge >= 0.3 is 11.9 Å². The van der Waals surface area contributed by atoms with E-state index in [0.717, 1.165) is 4.47 Å². The highest BCUT2D eigenvalue weighted by atomic mass is 79.9.